The van der Waals surface area contributed by atoms with Crippen molar-refractivity contribution in [1.29, 1.82) is 0 Å². The Labute approximate surface area is 201 Å². The van der Waals surface area contributed by atoms with E-state index < -0.39 is 17.9 Å². The number of aryl methyl sites for hydroxylation is 1. The quantitative estimate of drug-likeness (QED) is 0.348. The normalized spacial score (nSPS) is 11.4. The van der Waals surface area contributed by atoms with Crippen LogP contribution in [-0.2, 0) is 13.2 Å². The number of fused-ring (bicyclic) bond motifs is 1. The number of anilines is 2. The van der Waals surface area contributed by atoms with Crippen LogP contribution in [0.1, 0.15) is 5.69 Å². The minimum absolute atomic E-state index is 0.0998. The third-order valence-electron chi connectivity index (χ3n) is 4.82. The molecule has 0 unspecified atom stereocenters. The molecule has 0 spiro atoms. The zero-order chi connectivity index (χ0) is 25.2. The molecule has 35 heavy (non-hydrogen) atoms. The van der Waals surface area contributed by atoms with Crippen molar-refractivity contribution in [3.8, 4) is 11.5 Å². The first-order chi connectivity index (χ1) is 16.7. The monoisotopic (exact) mass is 504 g/mol. The van der Waals surface area contributed by atoms with E-state index in [-0.39, 0.29) is 5.82 Å². The van der Waals surface area contributed by atoms with Gasteiger partial charge in [0.1, 0.15) is 17.2 Å². The van der Waals surface area contributed by atoms with Crippen molar-refractivity contribution < 1.29 is 27.4 Å². The van der Waals surface area contributed by atoms with Gasteiger partial charge in [0.05, 0.1) is 19.7 Å². The Morgan fingerprint density at radius 3 is 2.46 bits per heavy atom. The van der Waals surface area contributed by atoms with E-state index in [4.69, 9.17) is 9.47 Å². The maximum Gasteiger partial charge on any atom is 0.435 e. The standard InChI is InChI=1S/C22H19F3N6O3S/c1-31-19(10-18(30-31)22(23,24)25)29-21(32)28-12-5-4-6-13(7-12)35-20-14-8-16(33-2)17(34-3)9-15(14)26-11-27-20/h4-11H,1-3H3,(H2,28,29,32). The number of amides is 2. The molecule has 2 amide bonds. The predicted molar refractivity (Wildman–Crippen MR) is 124 cm³/mol. The number of carbonyl (C=O) groups excluding carboxylic acids is 1. The van der Waals surface area contributed by atoms with Crippen LogP contribution in [0.3, 0.4) is 0 Å². The number of halogens is 3. The molecule has 4 aromatic rings. The van der Waals surface area contributed by atoms with Crippen LogP contribution in [0.25, 0.3) is 10.9 Å². The van der Waals surface area contributed by atoms with Gasteiger partial charge in [-0.15, -0.1) is 0 Å². The summed E-state index contributed by atoms with van der Waals surface area (Å²) in [7, 11) is 4.38. The van der Waals surface area contributed by atoms with Crippen LogP contribution in [0, 0.1) is 0 Å². The molecule has 13 heteroatoms. The highest BCUT2D eigenvalue weighted by molar-refractivity contribution is 7.99. The Kier molecular flexibility index (Phi) is 6.69. The average molecular weight is 504 g/mol. The summed E-state index contributed by atoms with van der Waals surface area (Å²) >= 11 is 1.35. The molecular formula is C22H19F3N6O3S. The number of ether oxygens (including phenoxy) is 2. The van der Waals surface area contributed by atoms with Crippen molar-refractivity contribution in [2.75, 3.05) is 24.9 Å². The Bertz CT molecular complexity index is 1390. The zero-order valence-corrected chi connectivity index (χ0v) is 19.5. The van der Waals surface area contributed by atoms with Crippen molar-refractivity contribution in [2.24, 2.45) is 7.05 Å². The summed E-state index contributed by atoms with van der Waals surface area (Å²) in [5, 5.41) is 9.75. The van der Waals surface area contributed by atoms with Gasteiger partial charge in [0.25, 0.3) is 0 Å². The van der Waals surface area contributed by atoms with Crippen LogP contribution in [0.15, 0.2) is 58.7 Å². The highest BCUT2D eigenvalue weighted by Crippen LogP contribution is 2.37. The molecular weight excluding hydrogens is 485 g/mol. The highest BCUT2D eigenvalue weighted by atomic mass is 32.2. The number of carbonyl (C=O) groups is 1. The first kappa shape index (κ1) is 24.1. The smallest absolute Gasteiger partial charge is 0.435 e. The van der Waals surface area contributed by atoms with Gasteiger partial charge in [-0.05, 0) is 24.3 Å². The summed E-state index contributed by atoms with van der Waals surface area (Å²) in [6.07, 6.45) is -3.17. The number of alkyl halides is 3. The number of urea groups is 1. The van der Waals surface area contributed by atoms with E-state index >= 15 is 0 Å². The van der Waals surface area contributed by atoms with Crippen LogP contribution in [0.2, 0.25) is 0 Å². The molecule has 9 nitrogen and oxygen atoms in total. The Hall–Kier alpha value is -4.00. The molecule has 0 aliphatic rings. The van der Waals surface area contributed by atoms with Gasteiger partial charge in [-0.25, -0.2) is 14.8 Å². The minimum Gasteiger partial charge on any atom is -0.493 e. The van der Waals surface area contributed by atoms with Crippen molar-refractivity contribution in [3.05, 3.63) is 54.5 Å². The predicted octanol–water partition coefficient (Wildman–Crippen LogP) is 5.19. The van der Waals surface area contributed by atoms with E-state index in [1.165, 1.54) is 32.2 Å². The lowest BCUT2D eigenvalue weighted by Crippen LogP contribution is -2.21. The van der Waals surface area contributed by atoms with E-state index in [0.29, 0.717) is 27.7 Å². The van der Waals surface area contributed by atoms with Gasteiger partial charge in [-0.3, -0.25) is 10.00 Å². The van der Waals surface area contributed by atoms with E-state index in [1.807, 2.05) is 6.07 Å². The molecule has 0 fully saturated rings. The largest absolute Gasteiger partial charge is 0.493 e. The number of hydrogen-bond donors (Lipinski definition) is 2. The van der Waals surface area contributed by atoms with Gasteiger partial charge in [-0.2, -0.15) is 18.3 Å². The number of benzene rings is 2. The second-order valence-corrected chi connectivity index (χ2v) is 8.21. The molecule has 2 aromatic carbocycles. The SMILES string of the molecule is COc1cc2ncnc(Sc3cccc(NC(=O)Nc4cc(C(F)(F)F)nn4C)c3)c2cc1OC. The molecule has 4 rings (SSSR count). The van der Waals surface area contributed by atoms with E-state index in [1.54, 1.807) is 37.4 Å². The molecule has 0 saturated carbocycles. The average Bonchev–Trinajstić information content (AvgIpc) is 3.19. The summed E-state index contributed by atoms with van der Waals surface area (Å²) < 4.78 is 50.2. The van der Waals surface area contributed by atoms with E-state index in [0.717, 1.165) is 21.0 Å². The molecule has 0 aliphatic carbocycles. The van der Waals surface area contributed by atoms with Crippen molar-refractivity contribution in [3.63, 3.8) is 0 Å². The summed E-state index contributed by atoms with van der Waals surface area (Å²) in [6.45, 7) is 0. The van der Waals surface area contributed by atoms with Gasteiger partial charge < -0.3 is 14.8 Å². The van der Waals surface area contributed by atoms with Crippen LogP contribution < -0.4 is 20.1 Å². The van der Waals surface area contributed by atoms with Gasteiger partial charge in [0, 0.05) is 35.1 Å². The topological polar surface area (TPSA) is 103 Å². The molecule has 0 aliphatic heterocycles. The lowest BCUT2D eigenvalue weighted by molar-refractivity contribution is -0.141. The van der Waals surface area contributed by atoms with Crippen molar-refractivity contribution >= 4 is 40.2 Å². The molecule has 2 N–H and O–H groups in total. The lowest BCUT2D eigenvalue weighted by atomic mass is 10.2. The number of rotatable bonds is 6. The number of nitrogens with zero attached hydrogens (tertiary/aromatic N) is 4. The second-order valence-electron chi connectivity index (χ2n) is 7.15. The molecule has 0 radical (unpaired) electrons. The Morgan fingerprint density at radius 2 is 1.77 bits per heavy atom. The minimum atomic E-state index is -4.61. The Morgan fingerprint density at radius 1 is 1.03 bits per heavy atom. The number of nitrogens with one attached hydrogen (secondary N) is 2. The lowest BCUT2D eigenvalue weighted by Gasteiger charge is -2.11. The summed E-state index contributed by atoms with van der Waals surface area (Å²) in [5.74, 6) is 0.979. The molecule has 0 atom stereocenters. The van der Waals surface area contributed by atoms with Crippen LogP contribution >= 0.6 is 11.8 Å². The maximum atomic E-state index is 12.8. The fraction of sp³-hybridized carbons (Fsp3) is 0.182. The first-order valence-corrected chi connectivity index (χ1v) is 10.8. The first-order valence-electron chi connectivity index (χ1n) is 10.0. The maximum absolute atomic E-state index is 12.8. The third-order valence-corrected chi connectivity index (χ3v) is 5.83. The van der Waals surface area contributed by atoms with Crippen LogP contribution in [-0.4, -0.2) is 40.0 Å². The van der Waals surface area contributed by atoms with Crippen LogP contribution in [0.5, 0.6) is 11.5 Å². The van der Waals surface area contributed by atoms with Gasteiger partial charge in [0.15, 0.2) is 17.2 Å². The summed E-state index contributed by atoms with van der Waals surface area (Å²) in [4.78, 5) is 21.8. The Balaban J connectivity index is 1.52. The van der Waals surface area contributed by atoms with Gasteiger partial charge in [0.2, 0.25) is 0 Å². The second kappa shape index (κ2) is 9.70. The molecule has 182 valence electrons. The summed E-state index contributed by atoms with van der Waals surface area (Å²) in [6, 6.07) is 10.5. The zero-order valence-electron chi connectivity index (χ0n) is 18.7. The van der Waals surface area contributed by atoms with Crippen LogP contribution in [0.4, 0.5) is 29.5 Å². The molecule has 0 bridgehead atoms. The fourth-order valence-corrected chi connectivity index (χ4v) is 4.12. The number of hydrogen-bond acceptors (Lipinski definition) is 7. The number of aromatic nitrogens is 4. The third kappa shape index (κ3) is 5.40. The fourth-order valence-electron chi connectivity index (χ4n) is 3.19. The van der Waals surface area contributed by atoms with E-state index in [2.05, 4.69) is 25.7 Å². The van der Waals surface area contributed by atoms with E-state index in [9.17, 15) is 18.0 Å². The highest BCUT2D eigenvalue weighted by Gasteiger charge is 2.34. The van der Waals surface area contributed by atoms with Crippen molar-refractivity contribution in [1.82, 2.24) is 19.7 Å². The van der Waals surface area contributed by atoms with Crippen molar-refractivity contribution in [2.45, 2.75) is 16.1 Å². The number of methoxy groups -OCH3 is 2. The van der Waals surface area contributed by atoms with Gasteiger partial charge >= 0.3 is 12.2 Å². The summed E-state index contributed by atoms with van der Waals surface area (Å²) in [5.41, 5.74) is 0.00607. The molecule has 2 aromatic heterocycles. The van der Waals surface area contributed by atoms with Gasteiger partial charge in [-0.1, -0.05) is 17.8 Å². The molecule has 2 heterocycles. The molecule has 0 saturated heterocycles.